The zero-order valence-electron chi connectivity index (χ0n) is 10.5. The van der Waals surface area contributed by atoms with Crippen molar-refractivity contribution in [2.75, 3.05) is 32.2 Å². The first kappa shape index (κ1) is 14.7. The van der Waals surface area contributed by atoms with E-state index in [2.05, 4.69) is 10.6 Å². The van der Waals surface area contributed by atoms with Gasteiger partial charge >= 0.3 is 0 Å². The van der Waals surface area contributed by atoms with Crippen molar-refractivity contribution in [2.24, 2.45) is 0 Å². The largest absolute Gasteiger partial charge is 0.491 e. The summed E-state index contributed by atoms with van der Waals surface area (Å²) in [4.78, 5) is 0. The highest BCUT2D eigenvalue weighted by Crippen LogP contribution is 2.20. The number of benzene rings is 1. The van der Waals surface area contributed by atoms with Gasteiger partial charge in [-0.25, -0.2) is 4.39 Å². The number of rotatable bonds is 6. The molecule has 0 bridgehead atoms. The maximum Gasteiger partial charge on any atom is 0.170 e. The summed E-state index contributed by atoms with van der Waals surface area (Å²) in [6, 6.07) is 4.62. The monoisotopic (exact) mass is 272 g/mol. The van der Waals surface area contributed by atoms with Crippen molar-refractivity contribution in [2.45, 2.75) is 6.92 Å². The van der Waals surface area contributed by atoms with Crippen LogP contribution in [0, 0.1) is 5.82 Å². The fourth-order valence-corrected chi connectivity index (χ4v) is 1.51. The summed E-state index contributed by atoms with van der Waals surface area (Å²) >= 11 is 5.05. The third-order valence-corrected chi connectivity index (χ3v) is 2.33. The first-order chi connectivity index (χ1) is 8.67. The van der Waals surface area contributed by atoms with Crippen LogP contribution in [0.5, 0.6) is 5.75 Å². The van der Waals surface area contributed by atoms with E-state index in [1.54, 1.807) is 26.2 Å². The highest BCUT2D eigenvalue weighted by Gasteiger charge is 2.05. The molecule has 0 aliphatic rings. The number of anilines is 1. The van der Waals surface area contributed by atoms with Crippen LogP contribution in [0.3, 0.4) is 0 Å². The molecule has 1 aromatic rings. The van der Waals surface area contributed by atoms with Crippen molar-refractivity contribution < 1.29 is 13.9 Å². The van der Waals surface area contributed by atoms with Crippen LogP contribution >= 0.6 is 12.2 Å². The van der Waals surface area contributed by atoms with E-state index in [-0.39, 0.29) is 5.75 Å². The minimum atomic E-state index is -0.415. The number of hydrogen-bond donors (Lipinski definition) is 2. The first-order valence-electron chi connectivity index (χ1n) is 5.63. The van der Waals surface area contributed by atoms with Crippen molar-refractivity contribution >= 4 is 23.0 Å². The molecule has 0 saturated heterocycles. The first-order valence-corrected chi connectivity index (χ1v) is 6.04. The molecule has 6 heteroatoms. The SMILES string of the molecule is CCOc1ccc(NC(=S)NCCOC)cc1F. The van der Waals surface area contributed by atoms with E-state index in [0.29, 0.717) is 30.6 Å². The Balaban J connectivity index is 2.52. The minimum absolute atomic E-state index is 0.237. The Labute approximate surface area is 111 Å². The van der Waals surface area contributed by atoms with Gasteiger partial charge in [-0.3, -0.25) is 0 Å². The second kappa shape index (κ2) is 7.84. The fraction of sp³-hybridized carbons (Fsp3) is 0.417. The number of methoxy groups -OCH3 is 1. The molecule has 2 N–H and O–H groups in total. The van der Waals surface area contributed by atoms with E-state index in [1.165, 1.54) is 6.07 Å². The van der Waals surface area contributed by atoms with Crippen LogP contribution in [0.2, 0.25) is 0 Å². The molecule has 0 unspecified atom stereocenters. The number of hydrogen-bond acceptors (Lipinski definition) is 3. The van der Waals surface area contributed by atoms with Crippen molar-refractivity contribution in [3.8, 4) is 5.75 Å². The van der Waals surface area contributed by atoms with E-state index < -0.39 is 5.82 Å². The molecule has 100 valence electrons. The number of nitrogens with one attached hydrogen (secondary N) is 2. The molecule has 0 saturated carbocycles. The van der Waals surface area contributed by atoms with Crippen LogP contribution in [0.1, 0.15) is 6.92 Å². The third kappa shape index (κ3) is 4.85. The molecule has 4 nitrogen and oxygen atoms in total. The lowest BCUT2D eigenvalue weighted by Gasteiger charge is -2.11. The van der Waals surface area contributed by atoms with Gasteiger partial charge < -0.3 is 20.1 Å². The van der Waals surface area contributed by atoms with Gasteiger partial charge in [0.2, 0.25) is 0 Å². The van der Waals surface area contributed by atoms with Gasteiger partial charge in [0.1, 0.15) is 0 Å². The quantitative estimate of drug-likeness (QED) is 0.613. The van der Waals surface area contributed by atoms with Crippen molar-refractivity contribution in [1.29, 1.82) is 0 Å². The lowest BCUT2D eigenvalue weighted by molar-refractivity contribution is 0.204. The summed E-state index contributed by atoms with van der Waals surface area (Å²) in [6.45, 7) is 3.39. The Morgan fingerprint density at radius 2 is 2.22 bits per heavy atom. The molecule has 0 heterocycles. The van der Waals surface area contributed by atoms with Gasteiger partial charge in [-0.1, -0.05) is 0 Å². The molecule has 0 aromatic heterocycles. The Kier molecular flexibility index (Phi) is 6.38. The highest BCUT2D eigenvalue weighted by molar-refractivity contribution is 7.80. The van der Waals surface area contributed by atoms with Gasteiger partial charge in [0, 0.05) is 25.4 Å². The van der Waals surface area contributed by atoms with Crippen LogP contribution in [-0.4, -0.2) is 32.0 Å². The average molecular weight is 272 g/mol. The molecular formula is C12H17FN2O2S. The molecule has 0 aliphatic carbocycles. The fourth-order valence-electron chi connectivity index (χ4n) is 1.29. The second-order valence-electron chi connectivity index (χ2n) is 3.45. The zero-order valence-corrected chi connectivity index (χ0v) is 11.3. The molecule has 1 aromatic carbocycles. The predicted octanol–water partition coefficient (Wildman–Crippen LogP) is 2.16. The Bertz CT molecular complexity index is 402. The summed E-state index contributed by atoms with van der Waals surface area (Å²) < 4.78 is 23.5. The van der Waals surface area contributed by atoms with E-state index in [9.17, 15) is 4.39 Å². The lowest BCUT2D eigenvalue weighted by Crippen LogP contribution is -2.31. The molecule has 0 fully saturated rings. The summed E-state index contributed by atoms with van der Waals surface area (Å²) in [6.07, 6.45) is 0. The van der Waals surface area contributed by atoms with E-state index in [4.69, 9.17) is 21.7 Å². The van der Waals surface area contributed by atoms with Crippen LogP contribution in [0.25, 0.3) is 0 Å². The van der Waals surface area contributed by atoms with E-state index in [0.717, 1.165) is 0 Å². The summed E-state index contributed by atoms with van der Waals surface area (Å²) in [5, 5.41) is 6.24. The highest BCUT2D eigenvalue weighted by atomic mass is 32.1. The van der Waals surface area contributed by atoms with Gasteiger partial charge in [0.25, 0.3) is 0 Å². The molecule has 0 amide bonds. The van der Waals surface area contributed by atoms with Crippen LogP contribution in [0.15, 0.2) is 18.2 Å². The van der Waals surface area contributed by atoms with Gasteiger partial charge in [-0.15, -0.1) is 0 Å². The summed E-state index contributed by atoms with van der Waals surface area (Å²) in [5.74, 6) is -0.178. The van der Waals surface area contributed by atoms with Gasteiger partial charge in [0.05, 0.1) is 13.2 Å². The van der Waals surface area contributed by atoms with Crippen molar-refractivity contribution in [3.63, 3.8) is 0 Å². The summed E-state index contributed by atoms with van der Waals surface area (Å²) in [5.41, 5.74) is 0.575. The second-order valence-corrected chi connectivity index (χ2v) is 3.86. The normalized spacial score (nSPS) is 9.94. The molecule has 0 spiro atoms. The smallest absolute Gasteiger partial charge is 0.170 e. The molecule has 1 rings (SSSR count). The number of halogens is 1. The molecule has 0 atom stereocenters. The molecular weight excluding hydrogens is 255 g/mol. The maximum absolute atomic E-state index is 13.5. The zero-order chi connectivity index (χ0) is 13.4. The molecule has 0 radical (unpaired) electrons. The van der Waals surface area contributed by atoms with Gasteiger partial charge in [0.15, 0.2) is 16.7 Å². The lowest BCUT2D eigenvalue weighted by atomic mass is 10.3. The minimum Gasteiger partial charge on any atom is -0.491 e. The van der Waals surface area contributed by atoms with Crippen LogP contribution in [0.4, 0.5) is 10.1 Å². The summed E-state index contributed by atoms with van der Waals surface area (Å²) in [7, 11) is 1.61. The average Bonchev–Trinajstić information content (AvgIpc) is 2.33. The van der Waals surface area contributed by atoms with Crippen LogP contribution in [-0.2, 0) is 4.74 Å². The molecule has 18 heavy (non-hydrogen) atoms. The van der Waals surface area contributed by atoms with Crippen molar-refractivity contribution in [1.82, 2.24) is 5.32 Å². The Hall–Kier alpha value is -1.40. The number of thiocarbonyl (C=S) groups is 1. The Morgan fingerprint density at radius 3 is 2.83 bits per heavy atom. The topological polar surface area (TPSA) is 42.5 Å². The van der Waals surface area contributed by atoms with Crippen LogP contribution < -0.4 is 15.4 Å². The standard InChI is InChI=1S/C12H17FN2O2S/c1-3-17-11-5-4-9(8-10(11)13)15-12(18)14-6-7-16-2/h4-5,8H,3,6-7H2,1-2H3,(H2,14,15,18). The van der Waals surface area contributed by atoms with Crippen molar-refractivity contribution in [3.05, 3.63) is 24.0 Å². The van der Waals surface area contributed by atoms with E-state index >= 15 is 0 Å². The van der Waals surface area contributed by atoms with Gasteiger partial charge in [-0.2, -0.15) is 0 Å². The Morgan fingerprint density at radius 1 is 1.44 bits per heavy atom. The maximum atomic E-state index is 13.5. The van der Waals surface area contributed by atoms with Gasteiger partial charge in [-0.05, 0) is 31.3 Å². The predicted molar refractivity (Wildman–Crippen MR) is 73.7 cm³/mol. The van der Waals surface area contributed by atoms with E-state index in [1.807, 2.05) is 0 Å². The third-order valence-electron chi connectivity index (χ3n) is 2.08. The number of ether oxygens (including phenoxy) is 2. The molecule has 0 aliphatic heterocycles.